The fourth-order valence-corrected chi connectivity index (χ4v) is 6.40. The van der Waals surface area contributed by atoms with Crippen LogP contribution in [0.2, 0.25) is 0 Å². The molecule has 0 aliphatic carbocycles. The van der Waals surface area contributed by atoms with Gasteiger partial charge in [-0.15, -0.1) is 29.9 Å². The van der Waals surface area contributed by atoms with Gasteiger partial charge in [0, 0.05) is 49.6 Å². The molecule has 0 bridgehead atoms. The van der Waals surface area contributed by atoms with Crippen molar-refractivity contribution in [1.82, 2.24) is 30.0 Å². The average molecular weight is 658 g/mol. The van der Waals surface area contributed by atoms with E-state index < -0.39 is 17.9 Å². The number of halogens is 7. The molecule has 0 spiro atoms. The zero-order chi connectivity index (χ0) is 29.5. The fourth-order valence-electron chi connectivity index (χ4n) is 6.40. The Morgan fingerprint density at radius 3 is 2.16 bits per heavy atom. The van der Waals surface area contributed by atoms with Crippen molar-refractivity contribution in [2.24, 2.45) is 0 Å². The molecule has 7 nitrogen and oxygen atoms in total. The van der Waals surface area contributed by atoms with Crippen molar-refractivity contribution in [1.29, 1.82) is 0 Å². The molecule has 2 aliphatic rings. The number of nitrogens with zero attached hydrogens (tertiary/aromatic N) is 6. The summed E-state index contributed by atoms with van der Waals surface area (Å²) in [5, 5.41) is 9.91. The number of methoxy groups -OCH3 is 1. The Morgan fingerprint density at radius 1 is 0.932 bits per heavy atom. The summed E-state index contributed by atoms with van der Waals surface area (Å²) in [5.74, 6) is -3.76. The topological polar surface area (TPSA) is 59.3 Å². The summed E-state index contributed by atoms with van der Waals surface area (Å²) in [6.45, 7) is 0.815. The third kappa shape index (κ3) is 6.83. The molecule has 236 valence electrons. The smallest absolute Gasteiger partial charge is 0.453 e. The largest absolute Gasteiger partial charge is 0.496 e. The van der Waals surface area contributed by atoms with Crippen LogP contribution < -0.4 is 4.74 Å². The van der Waals surface area contributed by atoms with E-state index in [1.165, 1.54) is 13.2 Å². The second kappa shape index (κ2) is 13.4. The van der Waals surface area contributed by atoms with Gasteiger partial charge in [0.2, 0.25) is 0 Å². The number of ether oxygens (including phenoxy) is 1. The lowest BCUT2D eigenvalue weighted by Crippen LogP contribution is -2.58. The first-order chi connectivity index (χ1) is 20.1. The molecular weight excluding hydrogens is 626 g/mol. The van der Waals surface area contributed by atoms with Gasteiger partial charge in [0.15, 0.2) is 0 Å². The molecule has 1 aromatic heterocycles. The van der Waals surface area contributed by atoms with Crippen LogP contribution in [-0.2, 0) is 12.7 Å². The van der Waals surface area contributed by atoms with Crippen molar-refractivity contribution in [2.75, 3.05) is 26.7 Å². The number of piperazine rings is 1. The van der Waals surface area contributed by atoms with Crippen LogP contribution in [0.25, 0.3) is 5.69 Å². The number of fused-ring (bicyclic) bond motifs is 1. The molecule has 0 saturated carbocycles. The quantitative estimate of drug-likeness (QED) is 0.219. The molecule has 0 unspecified atom stereocenters. The zero-order valence-corrected chi connectivity index (χ0v) is 25.2. The number of tetrazole rings is 1. The maximum absolute atomic E-state index is 14.9. The number of alkyl halides is 5. The second-order valence-corrected chi connectivity index (χ2v) is 10.9. The molecule has 4 aromatic rings. The summed E-state index contributed by atoms with van der Waals surface area (Å²) >= 11 is 0. The summed E-state index contributed by atoms with van der Waals surface area (Å²) in [7, 11) is 1.48. The van der Waals surface area contributed by atoms with Crippen molar-refractivity contribution in [2.45, 2.75) is 43.1 Å². The highest BCUT2D eigenvalue weighted by molar-refractivity contribution is 5.85. The Labute approximate surface area is 263 Å². The third-order valence-corrected chi connectivity index (χ3v) is 8.09. The maximum Gasteiger partial charge on any atom is 0.453 e. The summed E-state index contributed by atoms with van der Waals surface area (Å²) in [5.41, 5.74) is 2.79. The molecular formula is C30H31Cl2F5N6O. The van der Waals surface area contributed by atoms with E-state index in [1.54, 1.807) is 12.1 Å². The second-order valence-electron chi connectivity index (χ2n) is 10.9. The molecule has 14 heteroatoms. The highest BCUT2D eigenvalue weighted by Gasteiger charge is 2.52. The van der Waals surface area contributed by atoms with Crippen molar-refractivity contribution in [3.8, 4) is 11.4 Å². The Hall–Kier alpha value is -3.32. The van der Waals surface area contributed by atoms with E-state index in [4.69, 9.17) is 4.74 Å². The molecule has 2 atom stereocenters. The third-order valence-electron chi connectivity index (χ3n) is 8.09. The van der Waals surface area contributed by atoms with E-state index in [1.807, 2.05) is 65.6 Å². The first kappa shape index (κ1) is 33.6. The summed E-state index contributed by atoms with van der Waals surface area (Å²) in [6.07, 6.45) is -5.00. The van der Waals surface area contributed by atoms with E-state index in [0.29, 0.717) is 29.1 Å². The van der Waals surface area contributed by atoms with Gasteiger partial charge in [0.05, 0.1) is 19.3 Å². The van der Waals surface area contributed by atoms with Crippen molar-refractivity contribution in [3.05, 3.63) is 101 Å². The summed E-state index contributed by atoms with van der Waals surface area (Å²) < 4.78 is 76.5. The van der Waals surface area contributed by atoms with Crippen molar-refractivity contribution >= 4 is 24.8 Å². The monoisotopic (exact) mass is 656 g/mol. The van der Waals surface area contributed by atoms with Crippen LogP contribution in [-0.4, -0.2) is 74.8 Å². The molecule has 0 radical (unpaired) electrons. The normalized spacial score (nSPS) is 20.1. The molecule has 2 saturated heterocycles. The minimum Gasteiger partial charge on any atom is -0.496 e. The summed E-state index contributed by atoms with van der Waals surface area (Å²) in [6, 6.07) is 23.7. The van der Waals surface area contributed by atoms with Gasteiger partial charge in [-0.3, -0.25) is 9.80 Å². The van der Waals surface area contributed by atoms with E-state index >= 15 is 0 Å². The fraction of sp³-hybridized carbons (Fsp3) is 0.367. The van der Waals surface area contributed by atoms with Gasteiger partial charge in [-0.25, -0.2) is 8.78 Å². The Morgan fingerprint density at radius 2 is 1.57 bits per heavy atom. The molecule has 0 amide bonds. The predicted molar refractivity (Wildman–Crippen MR) is 159 cm³/mol. The minimum absolute atomic E-state index is 0. The lowest BCUT2D eigenvalue weighted by atomic mass is 9.82. The van der Waals surface area contributed by atoms with Crippen LogP contribution in [0.1, 0.15) is 34.9 Å². The van der Waals surface area contributed by atoms with Gasteiger partial charge >= 0.3 is 6.18 Å². The van der Waals surface area contributed by atoms with E-state index in [-0.39, 0.29) is 68.0 Å². The molecule has 3 aromatic carbocycles. The predicted octanol–water partition coefficient (Wildman–Crippen LogP) is 6.26. The zero-order valence-electron chi connectivity index (χ0n) is 23.6. The summed E-state index contributed by atoms with van der Waals surface area (Å²) in [4.78, 5) is 4.05. The van der Waals surface area contributed by atoms with Gasteiger partial charge in [-0.2, -0.15) is 17.9 Å². The van der Waals surface area contributed by atoms with Gasteiger partial charge in [-0.05, 0) is 39.8 Å². The van der Waals surface area contributed by atoms with Crippen LogP contribution in [0.5, 0.6) is 5.75 Å². The van der Waals surface area contributed by atoms with Gasteiger partial charge < -0.3 is 4.74 Å². The molecule has 2 aliphatic heterocycles. The van der Waals surface area contributed by atoms with Crippen LogP contribution in [0.4, 0.5) is 22.0 Å². The Kier molecular flexibility index (Phi) is 10.2. The number of aromatic nitrogens is 4. The number of hydrogen-bond donors (Lipinski definition) is 0. The van der Waals surface area contributed by atoms with Gasteiger partial charge in [-0.1, -0.05) is 60.7 Å². The highest BCUT2D eigenvalue weighted by Crippen LogP contribution is 2.42. The highest BCUT2D eigenvalue weighted by atomic mass is 35.5. The standard InChI is InChI=1S/C30H29F5N6O.2ClH/c1-42-26-13-12-23(41-28(30(33,34)35)36-37-38-41)14-22(26)16-39-17-24-15-29(31,32)19-40(24)25(18-39)27(20-8-4-2-5-9-20)21-10-6-3-7-11-21;;/h2-14,24-25,27H,15-19H2,1H3;2*1H/t24-,25-;;/m0../s1. The number of hydrogen-bond acceptors (Lipinski definition) is 6. The lowest BCUT2D eigenvalue weighted by molar-refractivity contribution is -0.146. The van der Waals surface area contributed by atoms with Crippen LogP contribution >= 0.6 is 24.8 Å². The molecule has 0 N–H and O–H groups in total. The van der Waals surface area contributed by atoms with Crippen molar-refractivity contribution < 1.29 is 26.7 Å². The molecule has 6 rings (SSSR count). The van der Waals surface area contributed by atoms with Gasteiger partial charge in [0.1, 0.15) is 5.75 Å². The van der Waals surface area contributed by atoms with Crippen LogP contribution in [0.15, 0.2) is 78.9 Å². The first-order valence-corrected chi connectivity index (χ1v) is 13.6. The Bertz CT molecular complexity index is 1490. The van der Waals surface area contributed by atoms with E-state index in [2.05, 4.69) is 20.4 Å². The number of rotatable bonds is 7. The minimum atomic E-state index is -4.75. The Balaban J connectivity index is 0.00000221. The van der Waals surface area contributed by atoms with Crippen LogP contribution in [0.3, 0.4) is 0 Å². The van der Waals surface area contributed by atoms with E-state index in [0.717, 1.165) is 11.1 Å². The number of benzene rings is 3. The van der Waals surface area contributed by atoms with E-state index in [9.17, 15) is 22.0 Å². The average Bonchev–Trinajstić information content (AvgIpc) is 3.58. The first-order valence-electron chi connectivity index (χ1n) is 13.6. The lowest BCUT2D eigenvalue weighted by Gasteiger charge is -2.47. The molecule has 3 heterocycles. The van der Waals surface area contributed by atoms with Crippen molar-refractivity contribution in [3.63, 3.8) is 0 Å². The maximum atomic E-state index is 14.9. The van der Waals surface area contributed by atoms with Gasteiger partial charge in [0.25, 0.3) is 11.7 Å². The molecule has 44 heavy (non-hydrogen) atoms. The van der Waals surface area contributed by atoms with Crippen LogP contribution in [0, 0.1) is 0 Å². The SMILES string of the molecule is COc1ccc(-n2nnnc2C(F)(F)F)cc1CN1C[C@@H]2CC(F)(F)CN2[C@H](C(c2ccccc2)c2ccccc2)C1.Cl.Cl. The molecule has 2 fully saturated rings.